The second-order valence-corrected chi connectivity index (χ2v) is 12.7. The molecule has 0 spiro atoms. The van der Waals surface area contributed by atoms with Crippen LogP contribution in [0.25, 0.3) is 0 Å². The first kappa shape index (κ1) is 26.0. The summed E-state index contributed by atoms with van der Waals surface area (Å²) in [6, 6.07) is 14.6. The Kier molecular flexibility index (Phi) is 8.33. The summed E-state index contributed by atoms with van der Waals surface area (Å²) in [6.07, 6.45) is 5.47. The number of benzene rings is 2. The Morgan fingerprint density at radius 2 is 1.81 bits per heavy atom. The molecule has 0 aliphatic carbocycles. The van der Waals surface area contributed by atoms with Crippen molar-refractivity contribution in [3.8, 4) is 5.75 Å². The summed E-state index contributed by atoms with van der Waals surface area (Å²) in [6.45, 7) is 10.5. The van der Waals surface area contributed by atoms with Crippen LogP contribution in [0.3, 0.4) is 0 Å². The van der Waals surface area contributed by atoms with Crippen LogP contribution < -0.4 is 25.6 Å². The zero-order valence-electron chi connectivity index (χ0n) is 21.9. The third kappa shape index (κ3) is 6.28. The summed E-state index contributed by atoms with van der Waals surface area (Å²) in [7, 11) is 1.42. The summed E-state index contributed by atoms with van der Waals surface area (Å²) >= 11 is 6.45. The first-order chi connectivity index (χ1) is 18.0. The normalized spacial score (nSPS) is 16.5. The number of para-hydroxylation sites is 1. The second-order valence-electron chi connectivity index (χ2n) is 10.0. The Bertz CT molecular complexity index is 1210. The van der Waals surface area contributed by atoms with Crippen LogP contribution in [0.2, 0.25) is 5.02 Å². The molecule has 2 fully saturated rings. The maximum absolute atomic E-state index is 6.45. The number of nitrogens with one attached hydrogen (secondary N) is 2. The molecular formula is C28H36ClN6OP. The van der Waals surface area contributed by atoms with E-state index in [0.717, 1.165) is 36.1 Å². The SMILES string of the molecule is COc1cc(N2CCC(CN3CCC3)CC2)ccc1Nc1ncc(Cl)c(Nc2ccccc2P(C)C)n1. The summed E-state index contributed by atoms with van der Waals surface area (Å²) in [5.41, 5.74) is 3.02. The topological polar surface area (TPSA) is 65.6 Å². The number of anilines is 5. The van der Waals surface area contributed by atoms with Crippen molar-refractivity contribution in [3.63, 3.8) is 0 Å². The van der Waals surface area contributed by atoms with Crippen molar-refractivity contribution in [2.45, 2.75) is 19.3 Å². The highest BCUT2D eigenvalue weighted by atomic mass is 35.5. The maximum Gasteiger partial charge on any atom is 0.229 e. The summed E-state index contributed by atoms with van der Waals surface area (Å²) < 4.78 is 5.75. The number of hydrogen-bond donors (Lipinski definition) is 2. The van der Waals surface area contributed by atoms with E-state index in [1.54, 1.807) is 13.3 Å². The first-order valence-corrected chi connectivity index (χ1v) is 15.6. The zero-order valence-corrected chi connectivity index (χ0v) is 23.5. The van der Waals surface area contributed by atoms with Gasteiger partial charge in [0.1, 0.15) is 10.8 Å². The molecule has 2 saturated heterocycles. The van der Waals surface area contributed by atoms with E-state index >= 15 is 0 Å². The van der Waals surface area contributed by atoms with Crippen LogP contribution in [0.4, 0.5) is 28.8 Å². The van der Waals surface area contributed by atoms with Gasteiger partial charge in [0, 0.05) is 37.1 Å². The highest BCUT2D eigenvalue weighted by molar-refractivity contribution is 7.64. The Morgan fingerprint density at radius 3 is 2.51 bits per heavy atom. The zero-order chi connectivity index (χ0) is 25.8. The van der Waals surface area contributed by atoms with Crippen LogP contribution in [0, 0.1) is 5.92 Å². The molecule has 9 heteroatoms. The van der Waals surface area contributed by atoms with Gasteiger partial charge in [0.25, 0.3) is 0 Å². The van der Waals surface area contributed by atoms with Gasteiger partial charge in [-0.2, -0.15) is 4.98 Å². The van der Waals surface area contributed by atoms with E-state index in [4.69, 9.17) is 16.3 Å². The van der Waals surface area contributed by atoms with Gasteiger partial charge in [-0.3, -0.25) is 0 Å². The minimum Gasteiger partial charge on any atom is -0.494 e. The number of aromatic nitrogens is 2. The fourth-order valence-electron chi connectivity index (χ4n) is 5.02. The number of halogens is 1. The number of likely N-dealkylation sites (tertiary alicyclic amines) is 1. The Hall–Kier alpha value is -2.60. The lowest BCUT2D eigenvalue weighted by Crippen LogP contribution is -2.43. The van der Waals surface area contributed by atoms with Crippen molar-refractivity contribution < 1.29 is 4.74 Å². The highest BCUT2D eigenvalue weighted by Crippen LogP contribution is 2.35. The summed E-state index contributed by atoms with van der Waals surface area (Å²) in [5.74, 6) is 2.61. The predicted molar refractivity (Wildman–Crippen MR) is 157 cm³/mol. The average molecular weight is 539 g/mol. The Morgan fingerprint density at radius 1 is 1.03 bits per heavy atom. The monoisotopic (exact) mass is 538 g/mol. The predicted octanol–water partition coefficient (Wildman–Crippen LogP) is 5.91. The molecule has 196 valence electrons. The van der Waals surface area contributed by atoms with Gasteiger partial charge < -0.3 is 25.2 Å². The minimum atomic E-state index is -0.277. The molecule has 2 aliphatic heterocycles. The van der Waals surface area contributed by atoms with Crippen molar-refractivity contribution >= 4 is 53.7 Å². The number of hydrogen-bond acceptors (Lipinski definition) is 7. The second kappa shape index (κ2) is 11.8. The third-order valence-electron chi connectivity index (χ3n) is 7.26. The van der Waals surface area contributed by atoms with E-state index in [0.29, 0.717) is 16.8 Å². The van der Waals surface area contributed by atoms with Gasteiger partial charge >= 0.3 is 0 Å². The van der Waals surface area contributed by atoms with Crippen molar-refractivity contribution in [1.29, 1.82) is 0 Å². The lowest BCUT2D eigenvalue weighted by Gasteiger charge is -2.39. The van der Waals surface area contributed by atoms with Crippen LogP contribution in [0.15, 0.2) is 48.7 Å². The fraction of sp³-hybridized carbons (Fsp3) is 0.429. The molecular weight excluding hydrogens is 503 g/mol. The Balaban J connectivity index is 1.27. The lowest BCUT2D eigenvalue weighted by atomic mass is 9.94. The maximum atomic E-state index is 6.45. The smallest absolute Gasteiger partial charge is 0.229 e. The Labute approximate surface area is 226 Å². The van der Waals surface area contributed by atoms with Gasteiger partial charge in [0.2, 0.25) is 5.95 Å². The summed E-state index contributed by atoms with van der Waals surface area (Å²) in [5, 5.41) is 8.46. The van der Waals surface area contributed by atoms with E-state index in [-0.39, 0.29) is 7.92 Å². The number of methoxy groups -OCH3 is 1. The summed E-state index contributed by atoms with van der Waals surface area (Å²) in [4.78, 5) is 14.1. The molecule has 0 amide bonds. The molecule has 0 saturated carbocycles. The molecule has 2 aliphatic rings. The molecule has 5 rings (SSSR count). The van der Waals surface area contributed by atoms with E-state index in [9.17, 15) is 0 Å². The van der Waals surface area contributed by atoms with Gasteiger partial charge in [0.05, 0.1) is 19.0 Å². The van der Waals surface area contributed by atoms with Crippen molar-refractivity contribution in [2.24, 2.45) is 5.92 Å². The van der Waals surface area contributed by atoms with Gasteiger partial charge in [-0.15, -0.1) is 0 Å². The third-order valence-corrected chi connectivity index (χ3v) is 8.89. The molecule has 0 atom stereocenters. The van der Waals surface area contributed by atoms with E-state index in [1.807, 2.05) is 12.1 Å². The number of ether oxygens (including phenoxy) is 1. The molecule has 0 unspecified atom stereocenters. The molecule has 0 bridgehead atoms. The molecule has 2 aromatic carbocycles. The van der Waals surface area contributed by atoms with E-state index < -0.39 is 0 Å². The molecule has 3 aromatic rings. The molecule has 37 heavy (non-hydrogen) atoms. The fourth-order valence-corrected chi connectivity index (χ4v) is 6.15. The van der Waals surface area contributed by atoms with Gasteiger partial charge in [0.15, 0.2) is 5.82 Å². The van der Waals surface area contributed by atoms with Crippen LogP contribution in [0.5, 0.6) is 5.75 Å². The highest BCUT2D eigenvalue weighted by Gasteiger charge is 2.24. The minimum absolute atomic E-state index is 0.277. The first-order valence-electron chi connectivity index (χ1n) is 13.0. The van der Waals surface area contributed by atoms with Crippen molar-refractivity contribution in [2.75, 3.05) is 68.7 Å². The molecule has 2 N–H and O–H groups in total. The number of piperidine rings is 1. The molecule has 1 aromatic heterocycles. The van der Waals surface area contributed by atoms with Gasteiger partial charge in [-0.05, 0) is 75.1 Å². The van der Waals surface area contributed by atoms with Gasteiger partial charge in [-0.25, -0.2) is 4.98 Å². The lowest BCUT2D eigenvalue weighted by molar-refractivity contribution is 0.142. The van der Waals surface area contributed by atoms with Gasteiger partial charge in [-0.1, -0.05) is 37.7 Å². The van der Waals surface area contributed by atoms with Crippen LogP contribution in [-0.2, 0) is 0 Å². The van der Waals surface area contributed by atoms with Crippen molar-refractivity contribution in [3.05, 3.63) is 53.7 Å². The molecule has 7 nitrogen and oxygen atoms in total. The molecule has 3 heterocycles. The molecule has 0 radical (unpaired) electrons. The van der Waals surface area contributed by atoms with Crippen LogP contribution in [-0.4, -0.2) is 68.0 Å². The van der Waals surface area contributed by atoms with Crippen molar-refractivity contribution in [1.82, 2.24) is 14.9 Å². The van der Waals surface area contributed by atoms with Crippen LogP contribution >= 0.6 is 19.5 Å². The average Bonchev–Trinajstić information content (AvgIpc) is 2.89. The standard InChI is InChI=1S/C28H36ClN6OP/c1-36-25-17-21(35-15-11-20(12-16-35)19-34-13-6-14-34)9-10-23(25)32-28-30-18-22(29)27(33-28)31-24-7-4-5-8-26(24)37(2)3/h4-5,7-10,17-18,20H,6,11-16,19H2,1-3H3,(H2,30,31,32,33). The number of nitrogens with zero attached hydrogens (tertiary/aromatic N) is 4. The quantitative estimate of drug-likeness (QED) is 0.328. The van der Waals surface area contributed by atoms with E-state index in [1.165, 1.54) is 49.9 Å². The largest absolute Gasteiger partial charge is 0.494 e. The number of rotatable bonds is 9. The van der Waals surface area contributed by atoms with E-state index in [2.05, 4.69) is 74.1 Å². The van der Waals surface area contributed by atoms with Crippen LogP contribution in [0.1, 0.15) is 19.3 Å².